The largest absolute Gasteiger partial charge is 0.396 e. The van der Waals surface area contributed by atoms with Crippen LogP contribution in [0.15, 0.2) is 0 Å². The number of nitrogens with zero attached hydrogens (tertiary/aromatic N) is 2. The molecule has 7 heteroatoms. The fourth-order valence-corrected chi connectivity index (χ4v) is 2.19. The Kier molecular flexibility index (Phi) is 3.95. The maximum Gasteiger partial charge on any atom is 0.396 e. The van der Waals surface area contributed by atoms with Crippen LogP contribution in [0.1, 0.15) is 13.8 Å². The molecule has 1 saturated heterocycles. The van der Waals surface area contributed by atoms with Gasteiger partial charge in [-0.1, -0.05) is 0 Å². The fourth-order valence-electron chi connectivity index (χ4n) is 2.19. The molecule has 106 valence electrons. The van der Waals surface area contributed by atoms with E-state index in [1.54, 1.807) is 13.8 Å². The Morgan fingerprint density at radius 3 is 2.22 bits per heavy atom. The van der Waals surface area contributed by atoms with Gasteiger partial charge >= 0.3 is 6.18 Å². The number of alkyl halides is 4. The van der Waals surface area contributed by atoms with Crippen molar-refractivity contribution in [2.45, 2.75) is 31.7 Å². The lowest BCUT2D eigenvalue weighted by Gasteiger charge is -2.29. The van der Waals surface area contributed by atoms with Crippen molar-refractivity contribution >= 4 is 5.91 Å². The third-order valence-corrected chi connectivity index (χ3v) is 3.29. The van der Waals surface area contributed by atoms with Crippen LogP contribution < -0.4 is 0 Å². The first-order valence-corrected chi connectivity index (χ1v) is 5.71. The minimum atomic E-state index is -4.72. The van der Waals surface area contributed by atoms with E-state index in [-0.39, 0.29) is 6.04 Å². The minimum absolute atomic E-state index is 0.234. The van der Waals surface area contributed by atoms with Crippen molar-refractivity contribution < 1.29 is 22.4 Å². The maximum absolute atomic E-state index is 14.6. The van der Waals surface area contributed by atoms with Crippen LogP contribution >= 0.6 is 0 Å². The van der Waals surface area contributed by atoms with Crippen LogP contribution in [0.3, 0.4) is 0 Å². The Morgan fingerprint density at radius 1 is 1.39 bits per heavy atom. The molecule has 0 bridgehead atoms. The van der Waals surface area contributed by atoms with Crippen LogP contribution in [0.25, 0.3) is 0 Å². The number of rotatable bonds is 2. The summed E-state index contributed by atoms with van der Waals surface area (Å²) in [5.74, 6) is -3.38. The highest BCUT2D eigenvalue weighted by molar-refractivity contribution is 5.86. The van der Waals surface area contributed by atoms with Crippen molar-refractivity contribution in [2.75, 3.05) is 27.2 Å². The molecule has 2 unspecified atom stereocenters. The number of carbonyl (C=O) groups is 1. The lowest BCUT2D eigenvalue weighted by Crippen LogP contribution is -2.52. The quantitative estimate of drug-likeness (QED) is 0.713. The molecule has 1 rings (SSSR count). The highest BCUT2D eigenvalue weighted by Crippen LogP contribution is 2.43. The smallest absolute Gasteiger partial charge is 0.346 e. The van der Waals surface area contributed by atoms with E-state index in [2.05, 4.69) is 0 Å². The molecule has 0 N–H and O–H groups in total. The van der Waals surface area contributed by atoms with Gasteiger partial charge in [0.05, 0.1) is 0 Å². The van der Waals surface area contributed by atoms with Crippen molar-refractivity contribution in [3.63, 3.8) is 0 Å². The topological polar surface area (TPSA) is 23.6 Å². The van der Waals surface area contributed by atoms with Gasteiger partial charge in [-0.15, -0.1) is 0 Å². The lowest BCUT2D eigenvalue weighted by molar-refractivity contribution is -0.203. The van der Waals surface area contributed by atoms with Gasteiger partial charge in [0.2, 0.25) is 5.67 Å². The number of hydrogen-bond acceptors (Lipinski definition) is 2. The zero-order chi connectivity index (χ0) is 14.3. The second-order valence-electron chi connectivity index (χ2n) is 5.18. The van der Waals surface area contributed by atoms with Gasteiger partial charge in [-0.25, -0.2) is 4.39 Å². The molecule has 0 aliphatic carbocycles. The monoisotopic (exact) mass is 270 g/mol. The highest BCUT2D eigenvalue weighted by Gasteiger charge is 2.64. The van der Waals surface area contributed by atoms with E-state index < -0.39 is 36.8 Å². The van der Waals surface area contributed by atoms with E-state index in [4.69, 9.17) is 0 Å². The van der Waals surface area contributed by atoms with Crippen LogP contribution in [0.5, 0.6) is 0 Å². The summed E-state index contributed by atoms with van der Waals surface area (Å²) in [6, 6.07) is -0.234. The van der Waals surface area contributed by atoms with Gasteiger partial charge < -0.3 is 4.90 Å². The number of amides is 1. The molecule has 18 heavy (non-hydrogen) atoms. The molecule has 0 spiro atoms. The van der Waals surface area contributed by atoms with Gasteiger partial charge in [0.15, 0.2) is 0 Å². The SMILES string of the molecule is CC(C)N1CC(C(F)(F)F)C(F)(C(=O)N(C)C)C1. The Bertz CT molecular complexity index is 329. The normalized spacial score (nSPS) is 29.9. The Balaban J connectivity index is 3.09. The molecule has 2 atom stereocenters. The van der Waals surface area contributed by atoms with Crippen LogP contribution in [0.4, 0.5) is 17.6 Å². The first-order chi connectivity index (χ1) is 8.00. The predicted octanol–water partition coefficient (Wildman–Crippen LogP) is 1.69. The lowest BCUT2D eigenvalue weighted by atomic mass is 9.91. The number of hydrogen-bond donors (Lipinski definition) is 0. The van der Waals surface area contributed by atoms with E-state index in [1.807, 2.05) is 0 Å². The number of likely N-dealkylation sites (tertiary alicyclic amines) is 1. The van der Waals surface area contributed by atoms with Gasteiger partial charge in [0, 0.05) is 33.2 Å². The summed E-state index contributed by atoms with van der Waals surface area (Å²) in [4.78, 5) is 13.9. The molecule has 3 nitrogen and oxygen atoms in total. The molecule has 0 radical (unpaired) electrons. The van der Waals surface area contributed by atoms with Gasteiger partial charge in [0.25, 0.3) is 5.91 Å². The van der Waals surface area contributed by atoms with Crippen LogP contribution in [0, 0.1) is 5.92 Å². The van der Waals surface area contributed by atoms with Crippen molar-refractivity contribution in [3.8, 4) is 0 Å². The van der Waals surface area contributed by atoms with E-state index in [9.17, 15) is 22.4 Å². The summed E-state index contributed by atoms with van der Waals surface area (Å²) in [5, 5.41) is 0. The third kappa shape index (κ3) is 2.60. The Labute approximate surface area is 104 Å². The van der Waals surface area contributed by atoms with E-state index in [0.717, 1.165) is 4.90 Å². The van der Waals surface area contributed by atoms with Crippen molar-refractivity contribution in [1.82, 2.24) is 9.80 Å². The van der Waals surface area contributed by atoms with Crippen LogP contribution in [0.2, 0.25) is 0 Å². The summed E-state index contributed by atoms with van der Waals surface area (Å²) >= 11 is 0. The molecule has 1 fully saturated rings. The van der Waals surface area contributed by atoms with Crippen LogP contribution in [-0.4, -0.2) is 60.8 Å². The molecule has 1 amide bonds. The predicted molar refractivity (Wildman–Crippen MR) is 58.8 cm³/mol. The van der Waals surface area contributed by atoms with Gasteiger partial charge in [-0.05, 0) is 13.8 Å². The molecule has 0 saturated carbocycles. The molecular weight excluding hydrogens is 252 g/mol. The van der Waals surface area contributed by atoms with E-state index in [0.29, 0.717) is 0 Å². The van der Waals surface area contributed by atoms with Gasteiger partial charge in [0.1, 0.15) is 5.92 Å². The minimum Gasteiger partial charge on any atom is -0.346 e. The van der Waals surface area contributed by atoms with Gasteiger partial charge in [-0.2, -0.15) is 13.2 Å². The van der Waals surface area contributed by atoms with E-state index in [1.165, 1.54) is 19.0 Å². The van der Waals surface area contributed by atoms with Crippen molar-refractivity contribution in [3.05, 3.63) is 0 Å². The zero-order valence-electron chi connectivity index (χ0n) is 10.9. The third-order valence-electron chi connectivity index (χ3n) is 3.29. The summed E-state index contributed by atoms with van der Waals surface area (Å²) < 4.78 is 53.2. The average molecular weight is 270 g/mol. The Morgan fingerprint density at radius 2 is 1.89 bits per heavy atom. The summed E-state index contributed by atoms with van der Waals surface area (Å²) in [6.07, 6.45) is -4.72. The summed E-state index contributed by atoms with van der Waals surface area (Å²) in [5.41, 5.74) is -2.88. The highest BCUT2D eigenvalue weighted by atomic mass is 19.4. The van der Waals surface area contributed by atoms with Crippen molar-refractivity contribution in [2.24, 2.45) is 5.92 Å². The maximum atomic E-state index is 14.6. The molecule has 1 aliphatic heterocycles. The molecule has 0 aromatic carbocycles. The standard InChI is InChI=1S/C11H18F4N2O/c1-7(2)17-5-8(11(13,14)15)10(12,6-17)9(18)16(3)4/h7-8H,5-6H2,1-4H3. The summed E-state index contributed by atoms with van der Waals surface area (Å²) in [6.45, 7) is 2.38. The fraction of sp³-hybridized carbons (Fsp3) is 0.909. The molecule has 1 heterocycles. The van der Waals surface area contributed by atoms with Crippen LogP contribution in [-0.2, 0) is 4.79 Å². The zero-order valence-corrected chi connectivity index (χ0v) is 10.9. The van der Waals surface area contributed by atoms with E-state index >= 15 is 0 Å². The average Bonchev–Trinajstić information content (AvgIpc) is 2.56. The second kappa shape index (κ2) is 4.68. The first kappa shape index (κ1) is 15.2. The second-order valence-corrected chi connectivity index (χ2v) is 5.18. The van der Waals surface area contributed by atoms with Gasteiger partial charge in [-0.3, -0.25) is 9.69 Å². The molecule has 1 aliphatic rings. The van der Waals surface area contributed by atoms with Crippen molar-refractivity contribution in [1.29, 1.82) is 0 Å². The number of carbonyl (C=O) groups excluding carboxylic acids is 1. The Hall–Kier alpha value is -0.850. The summed E-state index contributed by atoms with van der Waals surface area (Å²) in [7, 11) is 2.52. The molecule has 0 aromatic heterocycles. The number of halogens is 4. The first-order valence-electron chi connectivity index (χ1n) is 5.71. The molecule has 0 aromatic rings. The molecular formula is C11H18F4N2O.